The second-order valence-electron chi connectivity index (χ2n) is 7.73. The molecule has 2 aliphatic rings. The summed E-state index contributed by atoms with van der Waals surface area (Å²) in [6.45, 7) is 4.41. The molecule has 1 aromatic carbocycles. The molecule has 2 atom stereocenters. The SMILES string of the molecule is CC(C)[C@@H]1C=C(Cl)[C@H](C2(O)CC(c3cccc(C(=O)O)c3)C2)CC1. The summed E-state index contributed by atoms with van der Waals surface area (Å²) in [6, 6.07) is 7.05. The fraction of sp³-hybridized carbons (Fsp3) is 0.550. The largest absolute Gasteiger partial charge is 0.478 e. The summed E-state index contributed by atoms with van der Waals surface area (Å²) >= 11 is 6.50. The van der Waals surface area contributed by atoms with Crippen LogP contribution in [0, 0.1) is 17.8 Å². The molecule has 1 saturated carbocycles. The van der Waals surface area contributed by atoms with Gasteiger partial charge in [0.2, 0.25) is 0 Å². The predicted octanol–water partition coefficient (Wildman–Crippen LogP) is 4.80. The number of benzene rings is 1. The van der Waals surface area contributed by atoms with E-state index in [-0.39, 0.29) is 11.8 Å². The van der Waals surface area contributed by atoms with Gasteiger partial charge < -0.3 is 10.2 Å². The van der Waals surface area contributed by atoms with Gasteiger partial charge in [-0.05, 0) is 61.1 Å². The van der Waals surface area contributed by atoms with E-state index in [0.717, 1.165) is 23.4 Å². The molecule has 0 unspecified atom stereocenters. The Bertz CT molecular complexity index is 659. The molecule has 0 aromatic heterocycles. The topological polar surface area (TPSA) is 57.5 Å². The van der Waals surface area contributed by atoms with Crippen LogP contribution in [0.15, 0.2) is 35.4 Å². The Hall–Kier alpha value is -1.32. The van der Waals surface area contributed by atoms with Crippen LogP contribution < -0.4 is 0 Å². The van der Waals surface area contributed by atoms with E-state index in [4.69, 9.17) is 16.7 Å². The molecule has 24 heavy (non-hydrogen) atoms. The molecular weight excluding hydrogens is 324 g/mol. The van der Waals surface area contributed by atoms with Crippen molar-refractivity contribution in [2.75, 3.05) is 0 Å². The van der Waals surface area contributed by atoms with Crippen LogP contribution in [0.5, 0.6) is 0 Å². The highest BCUT2D eigenvalue weighted by molar-refractivity contribution is 6.30. The first-order valence-corrected chi connectivity index (χ1v) is 9.11. The molecule has 0 amide bonds. The number of hydrogen-bond acceptors (Lipinski definition) is 2. The van der Waals surface area contributed by atoms with Crippen molar-refractivity contribution in [2.45, 2.75) is 51.0 Å². The number of allylic oxidation sites excluding steroid dienone is 1. The molecule has 2 N–H and O–H groups in total. The third-order valence-electron chi connectivity index (χ3n) is 5.80. The highest BCUT2D eigenvalue weighted by Crippen LogP contribution is 2.54. The van der Waals surface area contributed by atoms with Crippen molar-refractivity contribution in [1.82, 2.24) is 0 Å². The Morgan fingerprint density at radius 1 is 1.29 bits per heavy atom. The number of rotatable bonds is 4. The van der Waals surface area contributed by atoms with Crippen molar-refractivity contribution in [3.8, 4) is 0 Å². The molecule has 0 aliphatic heterocycles. The van der Waals surface area contributed by atoms with E-state index < -0.39 is 11.6 Å². The number of aliphatic hydroxyl groups is 1. The summed E-state index contributed by atoms with van der Waals surface area (Å²) in [5.74, 6) is 0.391. The molecule has 0 radical (unpaired) electrons. The smallest absolute Gasteiger partial charge is 0.335 e. The minimum atomic E-state index is -0.913. The molecule has 1 fully saturated rings. The monoisotopic (exact) mass is 348 g/mol. The molecule has 0 bridgehead atoms. The van der Waals surface area contributed by atoms with Crippen LogP contribution in [-0.4, -0.2) is 21.8 Å². The van der Waals surface area contributed by atoms with Crippen LogP contribution in [0.25, 0.3) is 0 Å². The zero-order valence-corrected chi connectivity index (χ0v) is 15.0. The first kappa shape index (κ1) is 17.5. The second kappa shape index (κ2) is 6.53. The summed E-state index contributed by atoms with van der Waals surface area (Å²) < 4.78 is 0. The molecule has 0 saturated heterocycles. The van der Waals surface area contributed by atoms with Gasteiger partial charge in [-0.25, -0.2) is 4.79 Å². The number of halogens is 1. The second-order valence-corrected chi connectivity index (χ2v) is 8.17. The Kier molecular flexibility index (Phi) is 4.76. The van der Waals surface area contributed by atoms with Crippen LogP contribution in [0.1, 0.15) is 61.4 Å². The summed E-state index contributed by atoms with van der Waals surface area (Å²) in [6.07, 6.45) is 5.43. The summed E-state index contributed by atoms with van der Waals surface area (Å²) in [7, 11) is 0. The normalized spacial score (nSPS) is 33.0. The van der Waals surface area contributed by atoms with Crippen molar-refractivity contribution < 1.29 is 15.0 Å². The van der Waals surface area contributed by atoms with Gasteiger partial charge in [0.25, 0.3) is 0 Å². The number of hydrogen-bond donors (Lipinski definition) is 2. The molecule has 0 heterocycles. The van der Waals surface area contributed by atoms with Gasteiger partial charge in [0.05, 0.1) is 11.2 Å². The Morgan fingerprint density at radius 2 is 2.00 bits per heavy atom. The third kappa shape index (κ3) is 3.25. The van der Waals surface area contributed by atoms with Crippen molar-refractivity contribution >= 4 is 17.6 Å². The highest BCUT2D eigenvalue weighted by atomic mass is 35.5. The van der Waals surface area contributed by atoms with Crippen LogP contribution in [0.3, 0.4) is 0 Å². The van der Waals surface area contributed by atoms with Gasteiger partial charge in [-0.15, -0.1) is 0 Å². The number of carboxylic acid groups (broad SMARTS) is 1. The zero-order chi connectivity index (χ0) is 17.5. The summed E-state index contributed by atoms with van der Waals surface area (Å²) in [4.78, 5) is 11.1. The maximum Gasteiger partial charge on any atom is 0.335 e. The fourth-order valence-electron chi connectivity index (χ4n) is 4.19. The molecule has 4 heteroatoms. The Morgan fingerprint density at radius 3 is 2.58 bits per heavy atom. The summed E-state index contributed by atoms with van der Waals surface area (Å²) in [5.41, 5.74) is 0.549. The third-order valence-corrected chi connectivity index (χ3v) is 6.19. The molecular formula is C20H25ClO3. The van der Waals surface area contributed by atoms with Crippen LogP contribution >= 0.6 is 11.6 Å². The summed E-state index contributed by atoms with van der Waals surface area (Å²) in [5, 5.41) is 20.9. The van der Waals surface area contributed by atoms with Gasteiger partial charge in [0.1, 0.15) is 0 Å². The fourth-order valence-corrected chi connectivity index (χ4v) is 4.67. The highest BCUT2D eigenvalue weighted by Gasteiger charge is 2.50. The minimum absolute atomic E-state index is 0.0214. The molecule has 2 aliphatic carbocycles. The lowest BCUT2D eigenvalue weighted by Gasteiger charge is -2.50. The molecule has 3 rings (SSSR count). The van der Waals surface area contributed by atoms with Crippen molar-refractivity contribution in [3.63, 3.8) is 0 Å². The lowest BCUT2D eigenvalue weighted by molar-refractivity contribution is -0.0887. The van der Waals surface area contributed by atoms with Gasteiger partial charge in [-0.2, -0.15) is 0 Å². The van der Waals surface area contributed by atoms with E-state index in [1.54, 1.807) is 18.2 Å². The van der Waals surface area contributed by atoms with Gasteiger partial charge in [0, 0.05) is 11.0 Å². The number of carbonyl (C=O) groups is 1. The van der Waals surface area contributed by atoms with E-state index >= 15 is 0 Å². The van der Waals surface area contributed by atoms with E-state index in [9.17, 15) is 9.90 Å². The standard InChI is InChI=1S/C20H25ClO3/c1-12(2)13-6-7-17(18(21)9-13)20(24)10-16(11-20)14-4-3-5-15(8-14)19(22)23/h3-5,8-9,12-13,16-17,24H,6-7,10-11H2,1-2H3,(H,22,23)/t13-,16?,17+,20?/m0/s1. The van der Waals surface area contributed by atoms with Gasteiger partial charge in [-0.3, -0.25) is 0 Å². The molecule has 0 spiro atoms. The Labute approximate surface area is 148 Å². The van der Waals surface area contributed by atoms with Crippen molar-refractivity contribution in [2.24, 2.45) is 17.8 Å². The quantitative estimate of drug-likeness (QED) is 0.821. The van der Waals surface area contributed by atoms with Gasteiger partial charge >= 0.3 is 5.97 Å². The average Bonchev–Trinajstić information content (AvgIpc) is 2.51. The number of aromatic carboxylic acids is 1. The van der Waals surface area contributed by atoms with Crippen molar-refractivity contribution in [3.05, 3.63) is 46.5 Å². The van der Waals surface area contributed by atoms with E-state index in [2.05, 4.69) is 19.9 Å². The molecule has 1 aromatic rings. The van der Waals surface area contributed by atoms with Crippen molar-refractivity contribution in [1.29, 1.82) is 0 Å². The van der Waals surface area contributed by atoms with Crippen LogP contribution in [-0.2, 0) is 0 Å². The van der Waals surface area contributed by atoms with Crippen LogP contribution in [0.2, 0.25) is 0 Å². The van der Waals surface area contributed by atoms with Gasteiger partial charge in [0.15, 0.2) is 0 Å². The van der Waals surface area contributed by atoms with E-state index in [1.165, 1.54) is 0 Å². The van der Waals surface area contributed by atoms with Crippen LogP contribution in [0.4, 0.5) is 0 Å². The van der Waals surface area contributed by atoms with E-state index in [1.807, 2.05) is 6.07 Å². The lowest BCUT2D eigenvalue weighted by Crippen LogP contribution is -2.50. The molecule has 3 nitrogen and oxygen atoms in total. The van der Waals surface area contributed by atoms with E-state index in [0.29, 0.717) is 30.2 Å². The minimum Gasteiger partial charge on any atom is -0.478 e. The first-order valence-electron chi connectivity index (χ1n) is 8.73. The zero-order valence-electron chi connectivity index (χ0n) is 14.2. The number of carboxylic acids is 1. The average molecular weight is 349 g/mol. The molecule has 130 valence electrons. The maximum atomic E-state index is 11.1. The predicted molar refractivity (Wildman–Crippen MR) is 95.3 cm³/mol. The first-order chi connectivity index (χ1) is 11.3. The van der Waals surface area contributed by atoms with Gasteiger partial charge in [-0.1, -0.05) is 43.7 Å². The Balaban J connectivity index is 1.70. The maximum absolute atomic E-state index is 11.1. The lowest BCUT2D eigenvalue weighted by atomic mass is 9.60.